The summed E-state index contributed by atoms with van der Waals surface area (Å²) < 4.78 is 0. The third-order valence-corrected chi connectivity index (χ3v) is 3.05. The average molecular weight is 197 g/mol. The van der Waals surface area contributed by atoms with E-state index >= 15 is 0 Å². The minimum atomic E-state index is 0.205. The molecule has 4 heteroatoms. The van der Waals surface area contributed by atoms with E-state index in [4.69, 9.17) is 0 Å². The van der Waals surface area contributed by atoms with E-state index in [1.807, 2.05) is 0 Å². The number of hydrogen-bond acceptors (Lipinski definition) is 3. The van der Waals surface area contributed by atoms with Crippen LogP contribution in [0, 0.1) is 0 Å². The molecule has 2 N–H and O–H groups in total. The second-order valence-electron chi connectivity index (χ2n) is 4.22. The highest BCUT2D eigenvalue weighted by atomic mass is 16.2. The normalized spacial score (nSPS) is 24.3. The topological polar surface area (TPSA) is 44.4 Å². The third-order valence-electron chi connectivity index (χ3n) is 3.05. The Labute approximate surface area is 85.0 Å². The Kier molecular flexibility index (Phi) is 3.37. The number of hydrogen-bond donors (Lipinski definition) is 2. The zero-order valence-corrected chi connectivity index (χ0v) is 8.59. The molecule has 1 saturated carbocycles. The van der Waals surface area contributed by atoms with Gasteiger partial charge in [0.25, 0.3) is 0 Å². The molecule has 0 bridgehead atoms. The van der Waals surface area contributed by atoms with E-state index in [2.05, 4.69) is 15.5 Å². The fourth-order valence-electron chi connectivity index (χ4n) is 1.90. The van der Waals surface area contributed by atoms with Crippen molar-refractivity contribution in [2.75, 3.05) is 32.7 Å². The fraction of sp³-hybridized carbons (Fsp3) is 0.900. The van der Waals surface area contributed by atoms with Crippen LogP contribution in [0.5, 0.6) is 0 Å². The molecule has 2 rings (SSSR count). The lowest BCUT2D eigenvalue weighted by Crippen LogP contribution is -2.49. The lowest BCUT2D eigenvalue weighted by molar-refractivity contribution is -0.123. The van der Waals surface area contributed by atoms with Crippen molar-refractivity contribution in [3.05, 3.63) is 0 Å². The summed E-state index contributed by atoms with van der Waals surface area (Å²) in [6.07, 6.45) is 3.62. The molecule has 1 amide bonds. The monoisotopic (exact) mass is 197 g/mol. The SMILES string of the molecule is O=C(CN1CCNCC1)NC1CCC1. The maximum Gasteiger partial charge on any atom is 0.234 e. The van der Waals surface area contributed by atoms with Gasteiger partial charge in [0.2, 0.25) is 5.91 Å². The van der Waals surface area contributed by atoms with Gasteiger partial charge in [-0.3, -0.25) is 9.69 Å². The quantitative estimate of drug-likeness (QED) is 0.645. The van der Waals surface area contributed by atoms with Crippen LogP contribution in [0.4, 0.5) is 0 Å². The molecule has 0 spiro atoms. The second kappa shape index (κ2) is 4.75. The standard InChI is InChI=1S/C10H19N3O/c14-10(12-9-2-1-3-9)8-13-6-4-11-5-7-13/h9,11H,1-8H2,(H,12,14). The van der Waals surface area contributed by atoms with Gasteiger partial charge >= 0.3 is 0 Å². The highest BCUT2D eigenvalue weighted by Crippen LogP contribution is 2.17. The van der Waals surface area contributed by atoms with E-state index < -0.39 is 0 Å². The largest absolute Gasteiger partial charge is 0.352 e. The van der Waals surface area contributed by atoms with Gasteiger partial charge in [0.15, 0.2) is 0 Å². The lowest BCUT2D eigenvalue weighted by atomic mass is 9.93. The molecule has 0 aromatic rings. The predicted molar refractivity (Wildman–Crippen MR) is 55.1 cm³/mol. The number of amides is 1. The van der Waals surface area contributed by atoms with E-state index in [-0.39, 0.29) is 5.91 Å². The molecule has 0 aromatic carbocycles. The van der Waals surface area contributed by atoms with Crippen molar-refractivity contribution in [1.29, 1.82) is 0 Å². The van der Waals surface area contributed by atoms with Gasteiger partial charge in [0.05, 0.1) is 6.54 Å². The summed E-state index contributed by atoms with van der Waals surface area (Å²) in [7, 11) is 0. The van der Waals surface area contributed by atoms with Crippen molar-refractivity contribution in [2.24, 2.45) is 0 Å². The number of carbonyl (C=O) groups excluding carboxylic acids is 1. The van der Waals surface area contributed by atoms with Gasteiger partial charge in [-0.05, 0) is 19.3 Å². The van der Waals surface area contributed by atoms with Crippen molar-refractivity contribution >= 4 is 5.91 Å². The summed E-state index contributed by atoms with van der Waals surface area (Å²) in [6, 6.07) is 0.477. The van der Waals surface area contributed by atoms with Crippen molar-refractivity contribution in [2.45, 2.75) is 25.3 Å². The van der Waals surface area contributed by atoms with Crippen LogP contribution >= 0.6 is 0 Å². The first-order valence-electron chi connectivity index (χ1n) is 5.57. The molecule has 80 valence electrons. The number of rotatable bonds is 3. The van der Waals surface area contributed by atoms with Crippen LogP contribution in [0.15, 0.2) is 0 Å². The van der Waals surface area contributed by atoms with E-state index in [1.54, 1.807) is 0 Å². The molecule has 0 unspecified atom stereocenters. The van der Waals surface area contributed by atoms with E-state index in [1.165, 1.54) is 19.3 Å². The summed E-state index contributed by atoms with van der Waals surface area (Å²) in [5.41, 5.74) is 0. The van der Waals surface area contributed by atoms with Crippen LogP contribution in [-0.2, 0) is 4.79 Å². The van der Waals surface area contributed by atoms with Crippen LogP contribution in [0.2, 0.25) is 0 Å². The minimum absolute atomic E-state index is 0.205. The van der Waals surface area contributed by atoms with Gasteiger partial charge in [0.1, 0.15) is 0 Å². The maximum atomic E-state index is 11.5. The van der Waals surface area contributed by atoms with Gasteiger partial charge in [-0.2, -0.15) is 0 Å². The molecule has 0 atom stereocenters. The maximum absolute atomic E-state index is 11.5. The third kappa shape index (κ3) is 2.69. The molecule has 2 aliphatic rings. The molecule has 1 saturated heterocycles. The zero-order valence-electron chi connectivity index (χ0n) is 8.59. The Bertz CT molecular complexity index is 198. The first-order valence-corrected chi connectivity index (χ1v) is 5.57. The van der Waals surface area contributed by atoms with Crippen LogP contribution in [0.1, 0.15) is 19.3 Å². The lowest BCUT2D eigenvalue weighted by Gasteiger charge is -2.30. The van der Waals surface area contributed by atoms with Gasteiger partial charge in [-0.25, -0.2) is 0 Å². The number of nitrogens with one attached hydrogen (secondary N) is 2. The summed E-state index contributed by atoms with van der Waals surface area (Å²) in [4.78, 5) is 13.8. The summed E-state index contributed by atoms with van der Waals surface area (Å²) in [5.74, 6) is 0.205. The Morgan fingerprint density at radius 1 is 1.36 bits per heavy atom. The van der Waals surface area contributed by atoms with Crippen molar-refractivity contribution in [3.63, 3.8) is 0 Å². The van der Waals surface area contributed by atoms with Crippen LogP contribution in [-0.4, -0.2) is 49.6 Å². The summed E-state index contributed by atoms with van der Waals surface area (Å²) in [6.45, 7) is 4.60. The van der Waals surface area contributed by atoms with E-state index in [9.17, 15) is 4.79 Å². The van der Waals surface area contributed by atoms with Crippen LogP contribution in [0.25, 0.3) is 0 Å². The molecule has 1 aliphatic heterocycles. The molecular weight excluding hydrogens is 178 g/mol. The fourth-order valence-corrected chi connectivity index (χ4v) is 1.90. The van der Waals surface area contributed by atoms with Crippen molar-refractivity contribution in [3.8, 4) is 0 Å². The second-order valence-corrected chi connectivity index (χ2v) is 4.22. The molecular formula is C10H19N3O. The van der Waals surface area contributed by atoms with Crippen LogP contribution in [0.3, 0.4) is 0 Å². The Hall–Kier alpha value is -0.610. The van der Waals surface area contributed by atoms with E-state index in [0.717, 1.165) is 26.2 Å². The molecule has 1 heterocycles. The number of nitrogens with zero attached hydrogens (tertiary/aromatic N) is 1. The van der Waals surface area contributed by atoms with Crippen molar-refractivity contribution in [1.82, 2.24) is 15.5 Å². The first kappa shape index (κ1) is 9.93. The predicted octanol–water partition coefficient (Wildman–Crippen LogP) is -0.440. The van der Waals surface area contributed by atoms with Crippen molar-refractivity contribution < 1.29 is 4.79 Å². The Balaban J connectivity index is 1.64. The average Bonchev–Trinajstić information content (AvgIpc) is 2.13. The molecule has 0 aromatic heterocycles. The first-order chi connectivity index (χ1) is 6.84. The number of carbonyl (C=O) groups is 1. The number of piperazine rings is 1. The molecule has 1 aliphatic carbocycles. The van der Waals surface area contributed by atoms with E-state index in [0.29, 0.717) is 12.6 Å². The van der Waals surface area contributed by atoms with Gasteiger partial charge in [0, 0.05) is 32.2 Å². The Morgan fingerprint density at radius 2 is 2.07 bits per heavy atom. The van der Waals surface area contributed by atoms with Gasteiger partial charge in [-0.1, -0.05) is 0 Å². The molecule has 14 heavy (non-hydrogen) atoms. The minimum Gasteiger partial charge on any atom is -0.352 e. The molecule has 4 nitrogen and oxygen atoms in total. The molecule has 2 fully saturated rings. The summed E-state index contributed by atoms with van der Waals surface area (Å²) >= 11 is 0. The zero-order chi connectivity index (χ0) is 9.80. The molecule has 0 radical (unpaired) electrons. The highest BCUT2D eigenvalue weighted by molar-refractivity contribution is 5.78. The van der Waals surface area contributed by atoms with Crippen LogP contribution < -0.4 is 10.6 Å². The van der Waals surface area contributed by atoms with Gasteiger partial charge < -0.3 is 10.6 Å². The Morgan fingerprint density at radius 3 is 2.64 bits per heavy atom. The smallest absolute Gasteiger partial charge is 0.234 e. The highest BCUT2D eigenvalue weighted by Gasteiger charge is 2.20. The van der Waals surface area contributed by atoms with Gasteiger partial charge in [-0.15, -0.1) is 0 Å². The summed E-state index contributed by atoms with van der Waals surface area (Å²) in [5, 5.41) is 6.34.